The van der Waals surface area contributed by atoms with E-state index in [2.05, 4.69) is 5.32 Å². The Morgan fingerprint density at radius 1 is 0.970 bits per heavy atom. The number of aryl methyl sites for hydroxylation is 1. The summed E-state index contributed by atoms with van der Waals surface area (Å²) in [6, 6.07) is 17.0. The molecule has 3 aromatic rings. The van der Waals surface area contributed by atoms with Gasteiger partial charge in [0, 0.05) is 23.0 Å². The normalized spacial score (nSPS) is 19.5. The third-order valence-electron chi connectivity index (χ3n) is 6.82. The quantitative estimate of drug-likeness (QED) is 0.670. The van der Waals surface area contributed by atoms with E-state index in [1.54, 1.807) is 11.0 Å². The van der Waals surface area contributed by atoms with Crippen molar-refractivity contribution in [1.82, 2.24) is 0 Å². The molecule has 1 atom stereocenters. The van der Waals surface area contributed by atoms with E-state index in [0.717, 1.165) is 27.9 Å². The van der Waals surface area contributed by atoms with Gasteiger partial charge in [-0.15, -0.1) is 0 Å². The summed E-state index contributed by atoms with van der Waals surface area (Å²) >= 11 is 0. The minimum absolute atomic E-state index is 0.0924. The molecular weight excluding hydrogens is 420 g/mol. The maximum Gasteiger partial charge on any atom is 0.246 e. The van der Waals surface area contributed by atoms with Crippen molar-refractivity contribution < 1.29 is 23.8 Å². The molecule has 2 amide bonds. The maximum absolute atomic E-state index is 14.0. The predicted octanol–water partition coefficient (Wildman–Crippen LogP) is 3.70. The summed E-state index contributed by atoms with van der Waals surface area (Å²) in [5.74, 6) is 1.36. The van der Waals surface area contributed by atoms with E-state index in [-0.39, 0.29) is 31.8 Å². The number of fused-ring (bicyclic) bond motifs is 5. The Morgan fingerprint density at radius 3 is 2.61 bits per heavy atom. The minimum Gasteiger partial charge on any atom is -0.491 e. The maximum atomic E-state index is 14.0. The zero-order valence-corrected chi connectivity index (χ0v) is 18.3. The predicted molar refractivity (Wildman–Crippen MR) is 122 cm³/mol. The van der Waals surface area contributed by atoms with E-state index in [0.29, 0.717) is 22.9 Å². The van der Waals surface area contributed by atoms with Crippen molar-refractivity contribution in [2.45, 2.75) is 19.3 Å². The summed E-state index contributed by atoms with van der Waals surface area (Å²) in [5.41, 5.74) is 4.10. The number of nitrogens with zero attached hydrogens (tertiary/aromatic N) is 1. The van der Waals surface area contributed by atoms with Crippen molar-refractivity contribution in [1.29, 1.82) is 0 Å². The van der Waals surface area contributed by atoms with Crippen molar-refractivity contribution in [2.75, 3.05) is 30.2 Å². The summed E-state index contributed by atoms with van der Waals surface area (Å²) in [6.45, 7) is 4.17. The lowest BCUT2D eigenvalue weighted by Gasteiger charge is -2.23. The molecule has 0 bridgehead atoms. The Labute approximate surface area is 190 Å². The van der Waals surface area contributed by atoms with Crippen LogP contribution in [0.4, 0.5) is 11.4 Å². The van der Waals surface area contributed by atoms with E-state index >= 15 is 0 Å². The number of hydrogen-bond donors (Lipinski definition) is 1. The lowest BCUT2D eigenvalue weighted by Crippen LogP contribution is -2.45. The molecule has 0 aliphatic carbocycles. The average Bonchev–Trinajstić information content (AvgIpc) is 3.48. The summed E-state index contributed by atoms with van der Waals surface area (Å²) in [7, 11) is 0. The van der Waals surface area contributed by atoms with Crippen LogP contribution in [-0.2, 0) is 15.0 Å². The molecule has 3 aromatic carbocycles. The fourth-order valence-electron chi connectivity index (χ4n) is 4.94. The number of amides is 2. The topological polar surface area (TPSA) is 77.1 Å². The van der Waals surface area contributed by atoms with Crippen LogP contribution in [-0.4, -0.2) is 31.8 Å². The van der Waals surface area contributed by atoms with Gasteiger partial charge in [0.05, 0.1) is 0 Å². The van der Waals surface area contributed by atoms with Gasteiger partial charge < -0.3 is 24.4 Å². The molecule has 0 radical (unpaired) electrons. The first-order valence-corrected chi connectivity index (χ1v) is 10.8. The third kappa shape index (κ3) is 2.75. The fraction of sp³-hybridized carbons (Fsp3) is 0.231. The molecular formula is C26H22N2O5. The van der Waals surface area contributed by atoms with Crippen LogP contribution in [0, 0.1) is 13.8 Å². The van der Waals surface area contributed by atoms with Gasteiger partial charge in [-0.25, -0.2) is 0 Å². The first-order valence-electron chi connectivity index (χ1n) is 10.8. The first-order chi connectivity index (χ1) is 16.0. The Balaban J connectivity index is 1.37. The molecule has 0 saturated heterocycles. The Hall–Kier alpha value is -4.00. The highest BCUT2D eigenvalue weighted by atomic mass is 16.7. The molecule has 0 saturated carbocycles. The highest BCUT2D eigenvalue weighted by Gasteiger charge is 2.57. The largest absolute Gasteiger partial charge is 0.491 e. The Morgan fingerprint density at radius 2 is 1.76 bits per heavy atom. The molecule has 166 valence electrons. The highest BCUT2D eigenvalue weighted by Crippen LogP contribution is 2.54. The fourth-order valence-corrected chi connectivity index (χ4v) is 4.94. The van der Waals surface area contributed by atoms with Gasteiger partial charge in [0.15, 0.2) is 11.5 Å². The number of hydrogen-bond acceptors (Lipinski definition) is 5. The zero-order chi connectivity index (χ0) is 22.7. The van der Waals surface area contributed by atoms with Crippen LogP contribution in [0.1, 0.15) is 22.3 Å². The van der Waals surface area contributed by atoms with Crippen molar-refractivity contribution in [2.24, 2.45) is 0 Å². The van der Waals surface area contributed by atoms with Gasteiger partial charge in [-0.1, -0.05) is 30.3 Å². The van der Waals surface area contributed by atoms with E-state index in [1.807, 2.05) is 62.4 Å². The second kappa shape index (κ2) is 7.00. The first kappa shape index (κ1) is 19.7. The number of ether oxygens (including phenoxy) is 3. The molecule has 7 nitrogen and oxygen atoms in total. The number of carbonyl (C=O) groups is 2. The molecule has 0 aromatic heterocycles. The van der Waals surface area contributed by atoms with Crippen molar-refractivity contribution in [3.05, 3.63) is 76.9 Å². The highest BCUT2D eigenvalue weighted by molar-refractivity contribution is 6.14. The van der Waals surface area contributed by atoms with E-state index in [1.165, 1.54) is 0 Å². The smallest absolute Gasteiger partial charge is 0.246 e. The van der Waals surface area contributed by atoms with Crippen LogP contribution in [0.5, 0.6) is 17.2 Å². The van der Waals surface area contributed by atoms with E-state index < -0.39 is 5.41 Å². The summed E-state index contributed by atoms with van der Waals surface area (Å²) in [6.07, 6.45) is 0. The molecule has 0 fully saturated rings. The summed E-state index contributed by atoms with van der Waals surface area (Å²) in [5, 5.41) is 2.96. The van der Waals surface area contributed by atoms with Crippen molar-refractivity contribution in [3.63, 3.8) is 0 Å². The number of anilines is 2. The SMILES string of the molecule is Cc1cccc(NC(=O)CN2C(=O)C3(COc4cc5c(cc43)OCO5)c3ccccc32)c1C. The van der Waals surface area contributed by atoms with Gasteiger partial charge in [-0.3, -0.25) is 9.59 Å². The lowest BCUT2D eigenvalue weighted by atomic mass is 9.77. The average molecular weight is 442 g/mol. The molecule has 3 heterocycles. The summed E-state index contributed by atoms with van der Waals surface area (Å²) < 4.78 is 17.0. The van der Waals surface area contributed by atoms with Crippen LogP contribution in [0.15, 0.2) is 54.6 Å². The Kier molecular flexibility index (Phi) is 4.17. The second-order valence-corrected chi connectivity index (χ2v) is 8.60. The van der Waals surface area contributed by atoms with E-state index in [4.69, 9.17) is 14.2 Å². The van der Waals surface area contributed by atoms with Crippen LogP contribution in [0.3, 0.4) is 0 Å². The monoisotopic (exact) mass is 442 g/mol. The molecule has 3 aliphatic rings. The molecule has 7 heteroatoms. The van der Waals surface area contributed by atoms with Crippen LogP contribution in [0.2, 0.25) is 0 Å². The number of benzene rings is 3. The zero-order valence-electron chi connectivity index (χ0n) is 18.3. The van der Waals surface area contributed by atoms with Gasteiger partial charge in [0.25, 0.3) is 0 Å². The summed E-state index contributed by atoms with van der Waals surface area (Å²) in [4.78, 5) is 28.5. The van der Waals surface area contributed by atoms with Crippen LogP contribution in [0.25, 0.3) is 0 Å². The number of carbonyl (C=O) groups excluding carboxylic acids is 2. The van der Waals surface area contributed by atoms with Gasteiger partial charge in [0.2, 0.25) is 18.6 Å². The van der Waals surface area contributed by atoms with Gasteiger partial charge in [-0.05, 0) is 48.7 Å². The van der Waals surface area contributed by atoms with E-state index in [9.17, 15) is 9.59 Å². The third-order valence-corrected chi connectivity index (χ3v) is 6.82. The van der Waals surface area contributed by atoms with Crippen LogP contribution >= 0.6 is 0 Å². The molecule has 1 spiro atoms. The number of nitrogens with one attached hydrogen (secondary N) is 1. The molecule has 6 rings (SSSR count). The number of para-hydroxylation sites is 1. The van der Waals surface area contributed by atoms with Gasteiger partial charge in [0.1, 0.15) is 24.3 Å². The molecule has 3 aliphatic heterocycles. The number of rotatable bonds is 3. The minimum atomic E-state index is -1.02. The van der Waals surface area contributed by atoms with Crippen molar-refractivity contribution >= 4 is 23.2 Å². The molecule has 33 heavy (non-hydrogen) atoms. The molecule has 1 N–H and O–H groups in total. The second-order valence-electron chi connectivity index (χ2n) is 8.60. The molecule has 1 unspecified atom stereocenters. The van der Waals surface area contributed by atoms with Crippen LogP contribution < -0.4 is 24.4 Å². The van der Waals surface area contributed by atoms with Gasteiger partial charge >= 0.3 is 0 Å². The lowest BCUT2D eigenvalue weighted by molar-refractivity contribution is -0.124. The van der Waals surface area contributed by atoms with Gasteiger partial charge in [-0.2, -0.15) is 0 Å². The Bertz CT molecular complexity index is 1330. The van der Waals surface area contributed by atoms with Crippen molar-refractivity contribution in [3.8, 4) is 17.2 Å². The standard InChI is InChI=1S/C26H22N2O5/c1-15-6-5-8-19(16(15)2)27-24(29)12-28-20-9-4-3-7-17(20)26(25(28)30)13-31-21-11-23-22(10-18(21)26)32-14-33-23/h3-11H,12-14H2,1-2H3,(H,27,29).